The molecule has 0 saturated carbocycles. The van der Waals surface area contributed by atoms with Crippen LogP contribution in [0.5, 0.6) is 0 Å². The van der Waals surface area contributed by atoms with E-state index < -0.39 is 11.9 Å². The molecule has 0 amide bonds. The quantitative estimate of drug-likeness (QED) is 0.164. The lowest BCUT2D eigenvalue weighted by Crippen LogP contribution is -2.17. The van der Waals surface area contributed by atoms with Gasteiger partial charge >= 0.3 is 17.9 Å². The zero-order chi connectivity index (χ0) is 20.3. The van der Waals surface area contributed by atoms with Crippen LogP contribution in [0.4, 0.5) is 0 Å². The van der Waals surface area contributed by atoms with Gasteiger partial charge in [-0.15, -0.1) is 0 Å². The van der Waals surface area contributed by atoms with Crippen molar-refractivity contribution in [1.29, 1.82) is 0 Å². The second-order valence-electron chi connectivity index (χ2n) is 6.06. The van der Waals surface area contributed by atoms with Crippen molar-refractivity contribution < 1.29 is 28.6 Å². The normalized spacial score (nSPS) is 11.1. The molecule has 0 aliphatic rings. The summed E-state index contributed by atoms with van der Waals surface area (Å²) in [6.45, 7) is 10.9. The van der Waals surface area contributed by atoms with Gasteiger partial charge < -0.3 is 14.2 Å². The average molecular weight is 380 g/mol. The molecule has 0 aliphatic carbocycles. The van der Waals surface area contributed by atoms with Crippen molar-refractivity contribution in [3.8, 4) is 0 Å². The van der Waals surface area contributed by atoms with Gasteiger partial charge in [0.15, 0.2) is 0 Å². The molecular formula is C21H32O6. The van der Waals surface area contributed by atoms with Crippen molar-refractivity contribution in [2.24, 2.45) is 0 Å². The minimum atomic E-state index is -0.427. The first-order valence-electron chi connectivity index (χ1n) is 9.45. The standard InChI is InChI=1S/C21H32O6/c1-4-19(22)25-16-12-9-7-8-10-14-18(27-21(24)6-3)15-11-13-17-26-20(23)5-2/h4-6,18H,1-3,7-17H2. The predicted octanol–water partition coefficient (Wildman–Crippen LogP) is 4.05. The molecule has 0 spiro atoms. The molecule has 1 unspecified atom stereocenters. The summed E-state index contributed by atoms with van der Waals surface area (Å²) >= 11 is 0. The van der Waals surface area contributed by atoms with Gasteiger partial charge in [-0.2, -0.15) is 0 Å². The van der Waals surface area contributed by atoms with E-state index in [-0.39, 0.29) is 12.1 Å². The third-order valence-corrected chi connectivity index (χ3v) is 3.86. The Balaban J connectivity index is 3.88. The van der Waals surface area contributed by atoms with Crippen LogP contribution in [0, 0.1) is 0 Å². The van der Waals surface area contributed by atoms with Crippen molar-refractivity contribution in [2.75, 3.05) is 13.2 Å². The van der Waals surface area contributed by atoms with Crippen molar-refractivity contribution in [3.05, 3.63) is 38.0 Å². The largest absolute Gasteiger partial charge is 0.463 e. The summed E-state index contributed by atoms with van der Waals surface area (Å²) in [6.07, 6.45) is 11.2. The molecule has 0 aromatic rings. The zero-order valence-electron chi connectivity index (χ0n) is 16.2. The Morgan fingerprint density at radius 1 is 0.630 bits per heavy atom. The molecule has 0 aromatic carbocycles. The third-order valence-electron chi connectivity index (χ3n) is 3.86. The number of hydrogen-bond acceptors (Lipinski definition) is 6. The molecule has 0 radical (unpaired) electrons. The van der Waals surface area contributed by atoms with Gasteiger partial charge in [0.2, 0.25) is 0 Å². The van der Waals surface area contributed by atoms with E-state index in [9.17, 15) is 14.4 Å². The Kier molecular flexibility index (Phi) is 15.6. The first kappa shape index (κ1) is 24.6. The van der Waals surface area contributed by atoms with Gasteiger partial charge in [0.05, 0.1) is 13.2 Å². The number of unbranched alkanes of at least 4 members (excludes halogenated alkanes) is 5. The lowest BCUT2D eigenvalue weighted by molar-refractivity contribution is -0.143. The first-order valence-corrected chi connectivity index (χ1v) is 9.45. The average Bonchev–Trinajstić information content (AvgIpc) is 2.68. The van der Waals surface area contributed by atoms with Crippen LogP contribution >= 0.6 is 0 Å². The second-order valence-corrected chi connectivity index (χ2v) is 6.06. The Labute approximate surface area is 162 Å². The maximum Gasteiger partial charge on any atom is 0.330 e. The Morgan fingerprint density at radius 3 is 1.56 bits per heavy atom. The van der Waals surface area contributed by atoms with Crippen LogP contribution in [0.25, 0.3) is 0 Å². The maximum atomic E-state index is 11.5. The molecule has 0 rings (SSSR count). The van der Waals surface area contributed by atoms with E-state index in [0.717, 1.165) is 63.5 Å². The molecule has 0 aliphatic heterocycles. The van der Waals surface area contributed by atoms with Gasteiger partial charge in [-0.3, -0.25) is 0 Å². The van der Waals surface area contributed by atoms with Crippen LogP contribution in [-0.2, 0) is 28.6 Å². The molecule has 1 atom stereocenters. The fourth-order valence-corrected chi connectivity index (χ4v) is 2.42. The number of esters is 3. The molecule has 0 aromatic heterocycles. The number of rotatable bonds is 17. The molecule has 0 fully saturated rings. The highest BCUT2D eigenvalue weighted by Crippen LogP contribution is 2.15. The predicted molar refractivity (Wildman–Crippen MR) is 104 cm³/mol. The van der Waals surface area contributed by atoms with E-state index in [0.29, 0.717) is 19.6 Å². The molecule has 6 heteroatoms. The summed E-state index contributed by atoms with van der Waals surface area (Å²) in [6, 6.07) is 0. The molecule has 6 nitrogen and oxygen atoms in total. The Hall–Kier alpha value is -2.37. The van der Waals surface area contributed by atoms with Crippen molar-refractivity contribution in [3.63, 3.8) is 0 Å². The fourth-order valence-electron chi connectivity index (χ4n) is 2.42. The highest BCUT2D eigenvalue weighted by atomic mass is 16.5. The summed E-state index contributed by atoms with van der Waals surface area (Å²) in [5.74, 6) is -1.23. The zero-order valence-corrected chi connectivity index (χ0v) is 16.2. The summed E-state index contributed by atoms with van der Waals surface area (Å²) in [5, 5.41) is 0. The van der Waals surface area contributed by atoms with Crippen molar-refractivity contribution in [2.45, 2.75) is 63.9 Å². The van der Waals surface area contributed by atoms with E-state index in [2.05, 4.69) is 19.7 Å². The second kappa shape index (κ2) is 17.1. The Morgan fingerprint density at radius 2 is 1.04 bits per heavy atom. The highest BCUT2D eigenvalue weighted by Gasteiger charge is 2.12. The van der Waals surface area contributed by atoms with Crippen molar-refractivity contribution >= 4 is 17.9 Å². The van der Waals surface area contributed by atoms with Gasteiger partial charge in [0.1, 0.15) is 6.10 Å². The van der Waals surface area contributed by atoms with Gasteiger partial charge in [0.25, 0.3) is 0 Å². The highest BCUT2D eigenvalue weighted by molar-refractivity contribution is 5.81. The maximum absolute atomic E-state index is 11.5. The van der Waals surface area contributed by atoms with Crippen LogP contribution in [0.2, 0.25) is 0 Å². The summed E-state index contributed by atoms with van der Waals surface area (Å²) in [4.78, 5) is 33.3. The van der Waals surface area contributed by atoms with Crippen LogP contribution in [0.1, 0.15) is 57.8 Å². The van der Waals surface area contributed by atoms with Gasteiger partial charge in [-0.25, -0.2) is 14.4 Å². The first-order chi connectivity index (χ1) is 13.0. The van der Waals surface area contributed by atoms with Gasteiger partial charge in [-0.05, 0) is 38.5 Å². The fraction of sp³-hybridized carbons (Fsp3) is 0.571. The lowest BCUT2D eigenvalue weighted by Gasteiger charge is -2.17. The number of carbonyl (C=O) groups excluding carboxylic acids is 3. The third kappa shape index (κ3) is 15.6. The minimum absolute atomic E-state index is 0.154. The van der Waals surface area contributed by atoms with Crippen LogP contribution in [-0.4, -0.2) is 37.2 Å². The van der Waals surface area contributed by atoms with Crippen LogP contribution < -0.4 is 0 Å². The monoisotopic (exact) mass is 380 g/mol. The number of ether oxygens (including phenoxy) is 3. The van der Waals surface area contributed by atoms with Crippen molar-refractivity contribution in [1.82, 2.24) is 0 Å². The van der Waals surface area contributed by atoms with Gasteiger partial charge in [0, 0.05) is 18.2 Å². The van der Waals surface area contributed by atoms with E-state index in [4.69, 9.17) is 14.2 Å². The molecule has 27 heavy (non-hydrogen) atoms. The molecule has 0 heterocycles. The van der Waals surface area contributed by atoms with Gasteiger partial charge in [-0.1, -0.05) is 39.0 Å². The molecule has 0 saturated heterocycles. The lowest BCUT2D eigenvalue weighted by atomic mass is 10.0. The SMILES string of the molecule is C=CC(=O)OCCCCCCCC(CCCCOC(=O)C=C)OC(=O)C=C. The van der Waals surface area contributed by atoms with E-state index in [1.807, 2.05) is 0 Å². The Bertz CT molecular complexity index is 483. The van der Waals surface area contributed by atoms with E-state index in [1.54, 1.807) is 0 Å². The summed E-state index contributed by atoms with van der Waals surface area (Å²) in [5.41, 5.74) is 0. The molecule has 152 valence electrons. The number of hydrogen-bond donors (Lipinski definition) is 0. The van der Waals surface area contributed by atoms with E-state index >= 15 is 0 Å². The summed E-state index contributed by atoms with van der Waals surface area (Å²) in [7, 11) is 0. The smallest absolute Gasteiger partial charge is 0.330 e. The minimum Gasteiger partial charge on any atom is -0.463 e. The van der Waals surface area contributed by atoms with E-state index in [1.165, 1.54) is 6.08 Å². The summed E-state index contributed by atoms with van der Waals surface area (Å²) < 4.78 is 15.2. The molecular weight excluding hydrogens is 348 g/mol. The number of carbonyl (C=O) groups is 3. The van der Waals surface area contributed by atoms with Crippen LogP contribution in [0.3, 0.4) is 0 Å². The topological polar surface area (TPSA) is 78.9 Å². The van der Waals surface area contributed by atoms with Crippen LogP contribution in [0.15, 0.2) is 38.0 Å². The molecule has 0 N–H and O–H groups in total. The molecule has 0 bridgehead atoms.